The number of thioether (sulfide) groups is 1. The SMILES string of the molecule is CCCNC(C1=CCCCC1)C1CCCS1. The third-order valence-corrected chi connectivity index (χ3v) is 5.14. The normalized spacial score (nSPS) is 27.8. The van der Waals surface area contributed by atoms with Crippen LogP contribution in [0.1, 0.15) is 51.9 Å². The molecule has 0 amide bonds. The van der Waals surface area contributed by atoms with Crippen LogP contribution in [0.3, 0.4) is 0 Å². The van der Waals surface area contributed by atoms with Gasteiger partial charge in [0.2, 0.25) is 0 Å². The Kier molecular flexibility index (Phi) is 5.24. The third kappa shape index (κ3) is 3.27. The molecule has 1 nitrogen and oxygen atoms in total. The Morgan fingerprint density at radius 2 is 2.38 bits per heavy atom. The fourth-order valence-electron chi connectivity index (χ4n) is 2.81. The lowest BCUT2D eigenvalue weighted by molar-refractivity contribution is 0.505. The van der Waals surface area contributed by atoms with Gasteiger partial charge in [0.05, 0.1) is 0 Å². The first-order valence-corrected chi connectivity index (χ1v) is 8.00. The van der Waals surface area contributed by atoms with E-state index in [2.05, 4.69) is 30.1 Å². The van der Waals surface area contributed by atoms with Crippen molar-refractivity contribution in [2.45, 2.75) is 63.2 Å². The van der Waals surface area contributed by atoms with E-state index in [1.165, 1.54) is 57.2 Å². The van der Waals surface area contributed by atoms with Crippen molar-refractivity contribution in [2.24, 2.45) is 0 Å². The van der Waals surface area contributed by atoms with Crippen molar-refractivity contribution in [2.75, 3.05) is 12.3 Å². The predicted molar refractivity (Wildman–Crippen MR) is 74.1 cm³/mol. The number of allylic oxidation sites excluding steroid dienone is 1. The van der Waals surface area contributed by atoms with Crippen LogP contribution in [-0.4, -0.2) is 23.6 Å². The van der Waals surface area contributed by atoms with E-state index < -0.39 is 0 Å². The molecule has 1 aliphatic heterocycles. The molecule has 0 saturated carbocycles. The zero-order valence-corrected chi connectivity index (χ0v) is 11.3. The summed E-state index contributed by atoms with van der Waals surface area (Å²) in [6, 6.07) is 0.688. The fourth-order valence-corrected chi connectivity index (χ4v) is 4.24. The minimum atomic E-state index is 0.688. The van der Waals surface area contributed by atoms with Gasteiger partial charge in [-0.05, 0) is 57.2 Å². The standard InChI is InChI=1S/C14H25NS/c1-2-10-15-14(13-9-6-11-16-13)12-7-4-3-5-8-12/h7,13-15H,2-6,8-11H2,1H3. The molecule has 1 aliphatic carbocycles. The molecule has 2 aliphatic rings. The summed E-state index contributed by atoms with van der Waals surface area (Å²) in [7, 11) is 0. The highest BCUT2D eigenvalue weighted by Gasteiger charge is 2.28. The molecule has 0 aromatic carbocycles. The van der Waals surface area contributed by atoms with Crippen molar-refractivity contribution in [3.8, 4) is 0 Å². The zero-order valence-electron chi connectivity index (χ0n) is 10.5. The molecule has 1 fully saturated rings. The molecule has 0 radical (unpaired) electrons. The van der Waals surface area contributed by atoms with Crippen LogP contribution >= 0.6 is 11.8 Å². The maximum Gasteiger partial charge on any atom is 0.0399 e. The molecule has 2 atom stereocenters. The highest BCUT2D eigenvalue weighted by Crippen LogP contribution is 2.34. The van der Waals surface area contributed by atoms with Gasteiger partial charge in [0.1, 0.15) is 0 Å². The lowest BCUT2D eigenvalue weighted by Crippen LogP contribution is -2.39. The predicted octanol–water partition coefficient (Wildman–Crippen LogP) is 3.75. The van der Waals surface area contributed by atoms with Gasteiger partial charge < -0.3 is 5.32 Å². The molecule has 0 aromatic rings. The van der Waals surface area contributed by atoms with Crippen molar-refractivity contribution in [3.63, 3.8) is 0 Å². The second kappa shape index (κ2) is 6.70. The second-order valence-corrected chi connectivity index (χ2v) is 6.36. The number of nitrogens with one attached hydrogen (secondary N) is 1. The zero-order chi connectivity index (χ0) is 11.2. The summed E-state index contributed by atoms with van der Waals surface area (Å²) in [5, 5.41) is 4.65. The van der Waals surface area contributed by atoms with Gasteiger partial charge in [-0.25, -0.2) is 0 Å². The first-order chi connectivity index (χ1) is 7.92. The maximum atomic E-state index is 3.79. The summed E-state index contributed by atoms with van der Waals surface area (Å²) < 4.78 is 0. The van der Waals surface area contributed by atoms with Crippen molar-refractivity contribution >= 4 is 11.8 Å². The summed E-state index contributed by atoms with van der Waals surface area (Å²) in [6.07, 6.45) is 12.1. The molecule has 92 valence electrons. The smallest absolute Gasteiger partial charge is 0.0399 e. The van der Waals surface area contributed by atoms with Crippen LogP contribution in [0.4, 0.5) is 0 Å². The summed E-state index contributed by atoms with van der Waals surface area (Å²) >= 11 is 2.19. The topological polar surface area (TPSA) is 12.0 Å². The van der Waals surface area contributed by atoms with Crippen LogP contribution < -0.4 is 5.32 Å². The lowest BCUT2D eigenvalue weighted by Gasteiger charge is -2.29. The highest BCUT2D eigenvalue weighted by atomic mass is 32.2. The molecule has 16 heavy (non-hydrogen) atoms. The Bertz CT molecular complexity index is 231. The van der Waals surface area contributed by atoms with E-state index in [1.807, 2.05) is 0 Å². The molecule has 1 heterocycles. The first kappa shape index (κ1) is 12.5. The van der Waals surface area contributed by atoms with Gasteiger partial charge in [-0.1, -0.05) is 18.6 Å². The van der Waals surface area contributed by atoms with Crippen LogP contribution in [-0.2, 0) is 0 Å². The molecule has 0 bridgehead atoms. The fraction of sp³-hybridized carbons (Fsp3) is 0.857. The van der Waals surface area contributed by atoms with Gasteiger partial charge in [0.15, 0.2) is 0 Å². The van der Waals surface area contributed by atoms with Crippen LogP contribution in [0, 0.1) is 0 Å². The van der Waals surface area contributed by atoms with Crippen molar-refractivity contribution in [1.29, 1.82) is 0 Å². The Hall–Kier alpha value is 0.0500. The molecule has 1 N–H and O–H groups in total. The lowest BCUT2D eigenvalue weighted by atomic mass is 9.91. The van der Waals surface area contributed by atoms with Crippen LogP contribution in [0.5, 0.6) is 0 Å². The number of hydrogen-bond acceptors (Lipinski definition) is 2. The minimum Gasteiger partial charge on any atom is -0.309 e. The van der Waals surface area contributed by atoms with Crippen LogP contribution in [0.25, 0.3) is 0 Å². The second-order valence-electron chi connectivity index (χ2n) is 5.01. The largest absolute Gasteiger partial charge is 0.309 e. The van der Waals surface area contributed by atoms with Crippen molar-refractivity contribution in [1.82, 2.24) is 5.32 Å². The summed E-state index contributed by atoms with van der Waals surface area (Å²) in [4.78, 5) is 0. The Morgan fingerprint density at radius 3 is 3.00 bits per heavy atom. The van der Waals surface area contributed by atoms with Crippen molar-refractivity contribution in [3.05, 3.63) is 11.6 Å². The van der Waals surface area contributed by atoms with Gasteiger partial charge in [-0.3, -0.25) is 0 Å². The summed E-state index contributed by atoms with van der Waals surface area (Å²) in [5.41, 5.74) is 1.72. The van der Waals surface area contributed by atoms with E-state index in [0.717, 1.165) is 5.25 Å². The summed E-state index contributed by atoms with van der Waals surface area (Å²) in [5.74, 6) is 1.38. The van der Waals surface area contributed by atoms with E-state index in [0.29, 0.717) is 6.04 Å². The van der Waals surface area contributed by atoms with Gasteiger partial charge in [0, 0.05) is 11.3 Å². The molecule has 0 aromatic heterocycles. The van der Waals surface area contributed by atoms with Crippen molar-refractivity contribution < 1.29 is 0 Å². The highest BCUT2D eigenvalue weighted by molar-refractivity contribution is 8.00. The Morgan fingerprint density at radius 1 is 1.44 bits per heavy atom. The van der Waals surface area contributed by atoms with Gasteiger partial charge in [-0.2, -0.15) is 11.8 Å². The average molecular weight is 239 g/mol. The van der Waals surface area contributed by atoms with Crippen LogP contribution in [0.15, 0.2) is 11.6 Å². The van der Waals surface area contributed by atoms with Crippen LogP contribution in [0.2, 0.25) is 0 Å². The summed E-state index contributed by atoms with van der Waals surface area (Å²) in [6.45, 7) is 3.44. The van der Waals surface area contributed by atoms with Gasteiger partial charge >= 0.3 is 0 Å². The minimum absolute atomic E-state index is 0.688. The molecule has 0 spiro atoms. The molecular formula is C14H25NS. The van der Waals surface area contributed by atoms with E-state index in [-0.39, 0.29) is 0 Å². The Labute approximate surface area is 104 Å². The maximum absolute atomic E-state index is 3.79. The van der Waals surface area contributed by atoms with E-state index >= 15 is 0 Å². The number of hydrogen-bond donors (Lipinski definition) is 1. The molecular weight excluding hydrogens is 214 g/mol. The third-order valence-electron chi connectivity index (χ3n) is 3.68. The van der Waals surface area contributed by atoms with Gasteiger partial charge in [0.25, 0.3) is 0 Å². The molecule has 2 unspecified atom stereocenters. The Balaban J connectivity index is 1.97. The molecule has 2 rings (SSSR count). The van der Waals surface area contributed by atoms with E-state index in [4.69, 9.17) is 0 Å². The van der Waals surface area contributed by atoms with E-state index in [9.17, 15) is 0 Å². The number of rotatable bonds is 5. The monoisotopic (exact) mass is 239 g/mol. The molecule has 1 saturated heterocycles. The molecule has 2 heteroatoms. The van der Waals surface area contributed by atoms with E-state index in [1.54, 1.807) is 5.57 Å². The van der Waals surface area contributed by atoms with Gasteiger partial charge in [-0.15, -0.1) is 0 Å². The first-order valence-electron chi connectivity index (χ1n) is 6.95. The average Bonchev–Trinajstić information content (AvgIpc) is 2.85. The quantitative estimate of drug-likeness (QED) is 0.733.